The number of urea groups is 1. The highest BCUT2D eigenvalue weighted by Crippen LogP contribution is 2.22. The molecular formula is C25H21FN2O5S. The Morgan fingerprint density at radius 3 is 2.38 bits per heavy atom. The molecule has 0 bridgehead atoms. The van der Waals surface area contributed by atoms with Gasteiger partial charge in [-0.1, -0.05) is 30.3 Å². The van der Waals surface area contributed by atoms with Crippen molar-refractivity contribution < 1.29 is 26.2 Å². The van der Waals surface area contributed by atoms with Crippen molar-refractivity contribution in [3.05, 3.63) is 114 Å². The third-order valence-electron chi connectivity index (χ3n) is 4.82. The number of nitrogens with zero attached hydrogens (tertiary/aromatic N) is 1. The third-order valence-corrected chi connectivity index (χ3v) is 6.08. The van der Waals surface area contributed by atoms with Crippen molar-refractivity contribution in [3.63, 3.8) is 0 Å². The highest BCUT2D eigenvalue weighted by atomic mass is 32.2. The molecule has 0 atom stereocenters. The fraction of sp³-hybridized carbons (Fsp3) is 0.0800. The molecule has 0 saturated heterocycles. The number of hydrogen-bond acceptors (Lipinski definition) is 5. The molecule has 9 heteroatoms. The first-order chi connectivity index (χ1) is 16.4. The molecular weight excluding hydrogens is 459 g/mol. The summed E-state index contributed by atoms with van der Waals surface area (Å²) in [5, 5.41) is 2.84. The van der Waals surface area contributed by atoms with E-state index in [0.29, 0.717) is 17.0 Å². The normalized spacial score (nSPS) is 11.1. The predicted octanol–water partition coefficient (Wildman–Crippen LogP) is 5.42. The van der Waals surface area contributed by atoms with Crippen molar-refractivity contribution in [2.24, 2.45) is 0 Å². The number of nitrogens with one attached hydrogen (secondary N) is 1. The lowest BCUT2D eigenvalue weighted by atomic mass is 10.2. The number of halogens is 1. The zero-order valence-corrected chi connectivity index (χ0v) is 18.7. The van der Waals surface area contributed by atoms with Crippen LogP contribution in [-0.4, -0.2) is 19.3 Å². The van der Waals surface area contributed by atoms with Gasteiger partial charge >= 0.3 is 16.1 Å². The van der Waals surface area contributed by atoms with E-state index in [0.717, 1.165) is 24.3 Å². The minimum absolute atomic E-state index is 0.0724. The maximum Gasteiger partial charge on any atom is 0.339 e. The summed E-state index contributed by atoms with van der Waals surface area (Å²) in [5.41, 5.74) is 1.28. The maximum atomic E-state index is 13.1. The summed E-state index contributed by atoms with van der Waals surface area (Å²) in [6.07, 6.45) is 1.53. The van der Waals surface area contributed by atoms with Crippen molar-refractivity contribution >= 4 is 21.8 Å². The number of para-hydroxylation sites is 1. The predicted molar refractivity (Wildman–Crippen MR) is 124 cm³/mol. The van der Waals surface area contributed by atoms with E-state index in [4.69, 9.17) is 8.60 Å². The van der Waals surface area contributed by atoms with Crippen LogP contribution in [0.5, 0.6) is 5.75 Å². The Morgan fingerprint density at radius 2 is 1.68 bits per heavy atom. The first-order valence-electron chi connectivity index (χ1n) is 10.3. The molecule has 1 aromatic heterocycles. The number of furan rings is 1. The molecule has 1 heterocycles. The maximum absolute atomic E-state index is 13.1. The van der Waals surface area contributed by atoms with Crippen LogP contribution in [0.15, 0.2) is 107 Å². The third kappa shape index (κ3) is 6.02. The molecule has 4 aromatic rings. The van der Waals surface area contributed by atoms with Gasteiger partial charge < -0.3 is 18.8 Å². The number of hydrogen-bond donors (Lipinski definition) is 1. The van der Waals surface area contributed by atoms with E-state index in [2.05, 4.69) is 5.32 Å². The molecule has 0 aliphatic carbocycles. The second-order valence-corrected chi connectivity index (χ2v) is 8.92. The fourth-order valence-electron chi connectivity index (χ4n) is 3.21. The molecule has 34 heavy (non-hydrogen) atoms. The summed E-state index contributed by atoms with van der Waals surface area (Å²) in [7, 11) is -4.15. The van der Waals surface area contributed by atoms with E-state index in [1.54, 1.807) is 36.4 Å². The van der Waals surface area contributed by atoms with E-state index >= 15 is 0 Å². The zero-order chi connectivity index (χ0) is 24.0. The van der Waals surface area contributed by atoms with Gasteiger partial charge in [-0.2, -0.15) is 8.42 Å². The SMILES string of the molecule is O=C(Nc1ccccc1)N(Cc1cccc(OS(=O)(=O)c2ccc(F)cc2)c1)Cc1ccco1. The van der Waals surface area contributed by atoms with Crippen LogP contribution >= 0.6 is 0 Å². The zero-order valence-electron chi connectivity index (χ0n) is 17.9. The van der Waals surface area contributed by atoms with Gasteiger partial charge in [-0.25, -0.2) is 9.18 Å². The van der Waals surface area contributed by atoms with Gasteiger partial charge in [-0.15, -0.1) is 0 Å². The highest BCUT2D eigenvalue weighted by Gasteiger charge is 2.19. The fourth-order valence-corrected chi connectivity index (χ4v) is 4.13. The molecule has 0 spiro atoms. The van der Waals surface area contributed by atoms with Gasteiger partial charge in [0.1, 0.15) is 22.2 Å². The van der Waals surface area contributed by atoms with Crippen molar-refractivity contribution in [1.29, 1.82) is 0 Å². The number of carbonyl (C=O) groups is 1. The molecule has 0 saturated carbocycles. The topological polar surface area (TPSA) is 88.9 Å². The van der Waals surface area contributed by atoms with E-state index in [1.807, 2.05) is 18.2 Å². The van der Waals surface area contributed by atoms with E-state index in [-0.39, 0.29) is 29.8 Å². The average Bonchev–Trinajstić information content (AvgIpc) is 3.33. The van der Waals surface area contributed by atoms with Crippen molar-refractivity contribution in [2.75, 3.05) is 5.32 Å². The molecule has 0 unspecified atom stereocenters. The molecule has 0 radical (unpaired) electrons. The molecule has 2 amide bonds. The Balaban J connectivity index is 1.52. The van der Waals surface area contributed by atoms with Crippen LogP contribution in [0.4, 0.5) is 14.9 Å². The summed E-state index contributed by atoms with van der Waals surface area (Å²) < 4.78 is 48.8. The number of anilines is 1. The molecule has 7 nitrogen and oxygen atoms in total. The second-order valence-electron chi connectivity index (χ2n) is 7.37. The van der Waals surface area contributed by atoms with Crippen LogP contribution in [0.3, 0.4) is 0 Å². The van der Waals surface area contributed by atoms with Crippen LogP contribution in [0.1, 0.15) is 11.3 Å². The number of carbonyl (C=O) groups excluding carboxylic acids is 1. The van der Waals surface area contributed by atoms with Gasteiger partial charge in [0.2, 0.25) is 0 Å². The molecule has 1 N–H and O–H groups in total. The van der Waals surface area contributed by atoms with Crippen LogP contribution in [0.2, 0.25) is 0 Å². The van der Waals surface area contributed by atoms with E-state index in [1.165, 1.54) is 23.3 Å². The smallest absolute Gasteiger partial charge is 0.339 e. The minimum Gasteiger partial charge on any atom is -0.467 e. The summed E-state index contributed by atoms with van der Waals surface area (Å²) in [4.78, 5) is 14.3. The van der Waals surface area contributed by atoms with Crippen LogP contribution < -0.4 is 9.50 Å². The Hall–Kier alpha value is -4.11. The monoisotopic (exact) mass is 480 g/mol. The lowest BCUT2D eigenvalue weighted by molar-refractivity contribution is 0.201. The average molecular weight is 481 g/mol. The Bertz CT molecular complexity index is 1340. The summed E-state index contributed by atoms with van der Waals surface area (Å²) in [6, 6.07) is 22.9. The molecule has 0 aliphatic heterocycles. The highest BCUT2D eigenvalue weighted by molar-refractivity contribution is 7.87. The standard InChI is InChI=1S/C25H21FN2O5S/c26-20-11-13-24(14-12-20)34(30,31)33-22-9-4-6-19(16-22)17-28(18-23-10-5-15-32-23)25(29)27-21-7-2-1-3-8-21/h1-16H,17-18H2,(H,27,29). The van der Waals surface area contributed by atoms with E-state index in [9.17, 15) is 17.6 Å². The van der Waals surface area contributed by atoms with Gasteiger partial charge in [0.25, 0.3) is 0 Å². The molecule has 0 aliphatic rings. The van der Waals surface area contributed by atoms with Gasteiger partial charge in [-0.3, -0.25) is 0 Å². The largest absolute Gasteiger partial charge is 0.467 e. The van der Waals surface area contributed by atoms with Gasteiger partial charge in [0.05, 0.1) is 12.8 Å². The van der Waals surface area contributed by atoms with Crippen LogP contribution in [0, 0.1) is 5.82 Å². The number of benzene rings is 3. The second kappa shape index (κ2) is 10.2. The lowest BCUT2D eigenvalue weighted by Crippen LogP contribution is -2.34. The number of rotatable bonds is 8. The molecule has 4 rings (SSSR count). The quantitative estimate of drug-likeness (QED) is 0.340. The first-order valence-corrected chi connectivity index (χ1v) is 11.7. The lowest BCUT2D eigenvalue weighted by Gasteiger charge is -2.22. The van der Waals surface area contributed by atoms with Crippen LogP contribution in [-0.2, 0) is 23.2 Å². The van der Waals surface area contributed by atoms with Crippen LogP contribution in [0.25, 0.3) is 0 Å². The van der Waals surface area contributed by atoms with Gasteiger partial charge in [0.15, 0.2) is 0 Å². The minimum atomic E-state index is -4.15. The number of amides is 2. The first kappa shape index (κ1) is 23.1. The van der Waals surface area contributed by atoms with Gasteiger partial charge in [-0.05, 0) is 66.2 Å². The molecule has 174 valence electrons. The van der Waals surface area contributed by atoms with Crippen molar-refractivity contribution in [2.45, 2.75) is 18.0 Å². The Morgan fingerprint density at radius 1 is 0.912 bits per heavy atom. The van der Waals surface area contributed by atoms with Gasteiger partial charge in [0, 0.05) is 12.2 Å². The summed E-state index contributed by atoms with van der Waals surface area (Å²) in [6.45, 7) is 0.359. The van der Waals surface area contributed by atoms with Crippen molar-refractivity contribution in [3.8, 4) is 5.75 Å². The van der Waals surface area contributed by atoms with E-state index < -0.39 is 15.9 Å². The molecule has 0 fully saturated rings. The summed E-state index contributed by atoms with van der Waals surface area (Å²) >= 11 is 0. The Kier molecular flexibility index (Phi) is 6.93. The van der Waals surface area contributed by atoms with Crippen molar-refractivity contribution in [1.82, 2.24) is 4.90 Å². The Labute approximate surface area is 196 Å². The molecule has 3 aromatic carbocycles. The summed E-state index contributed by atoms with van der Waals surface area (Å²) in [5.74, 6) is 0.115.